The highest BCUT2D eigenvalue weighted by Gasteiger charge is 2.10. The molecule has 0 fully saturated rings. The Bertz CT molecular complexity index is 808. The molecular weight excluding hydrogens is 382 g/mol. The lowest BCUT2D eigenvalue weighted by molar-refractivity contribution is -0.121. The second-order valence-corrected chi connectivity index (χ2v) is 6.62. The van der Waals surface area contributed by atoms with Gasteiger partial charge in [-0.05, 0) is 48.1 Å². The third kappa shape index (κ3) is 4.61. The van der Waals surface area contributed by atoms with Gasteiger partial charge in [-0.1, -0.05) is 0 Å². The fourth-order valence-corrected chi connectivity index (χ4v) is 2.90. The fraction of sp³-hybridized carbons (Fsp3) is 0.429. The molecule has 23 heavy (non-hydrogen) atoms. The number of hydrogen-bond acceptors (Lipinski definition) is 4. The molecule has 0 radical (unpaired) electrons. The Morgan fingerprint density at radius 3 is 2.91 bits per heavy atom. The molecule has 2 aromatic rings. The molecule has 0 saturated carbocycles. The van der Waals surface area contributed by atoms with Crippen LogP contribution in [0.25, 0.3) is 0 Å². The predicted molar refractivity (Wildman–Crippen MR) is 92.7 cm³/mol. The highest BCUT2D eigenvalue weighted by atomic mass is 79.9. The van der Waals surface area contributed by atoms with Gasteiger partial charge in [0.15, 0.2) is 10.6 Å². The average molecular weight is 400 g/mol. The normalized spacial score (nSPS) is 11.0. The SMILES string of the molecule is CC(C)n1c(CNC(=O)CCn2cc(Br)ccc2=O)n[nH]c1=S. The second kappa shape index (κ2) is 7.69. The smallest absolute Gasteiger partial charge is 0.250 e. The van der Waals surface area contributed by atoms with Crippen LogP contribution in [0.15, 0.2) is 27.6 Å². The standard InChI is InChI=1S/C14H18BrN5O2S/c1-9(2)20-11(17-18-14(20)23)7-16-12(21)5-6-19-8-10(15)3-4-13(19)22/h3-4,8-9H,5-7H2,1-2H3,(H,16,21)(H,18,23). The van der Waals surface area contributed by atoms with Crippen molar-refractivity contribution in [3.8, 4) is 0 Å². The first kappa shape index (κ1) is 17.6. The summed E-state index contributed by atoms with van der Waals surface area (Å²) in [5, 5.41) is 9.65. The lowest BCUT2D eigenvalue weighted by atomic mass is 10.3. The van der Waals surface area contributed by atoms with E-state index in [4.69, 9.17) is 12.2 Å². The van der Waals surface area contributed by atoms with Crippen LogP contribution >= 0.6 is 28.1 Å². The molecule has 7 nitrogen and oxygen atoms in total. The average Bonchev–Trinajstić information content (AvgIpc) is 2.87. The van der Waals surface area contributed by atoms with E-state index in [0.717, 1.165) is 4.47 Å². The highest BCUT2D eigenvalue weighted by molar-refractivity contribution is 9.10. The number of nitrogens with one attached hydrogen (secondary N) is 2. The number of amides is 1. The number of pyridine rings is 1. The van der Waals surface area contributed by atoms with Gasteiger partial charge in [-0.25, -0.2) is 0 Å². The quantitative estimate of drug-likeness (QED) is 0.728. The van der Waals surface area contributed by atoms with Crippen molar-refractivity contribution in [1.29, 1.82) is 0 Å². The first-order chi connectivity index (χ1) is 10.9. The Labute approximate surface area is 146 Å². The summed E-state index contributed by atoms with van der Waals surface area (Å²) in [5.41, 5.74) is -0.137. The Kier molecular flexibility index (Phi) is 5.89. The van der Waals surface area contributed by atoms with Crippen LogP contribution in [0, 0.1) is 4.77 Å². The van der Waals surface area contributed by atoms with E-state index in [0.29, 0.717) is 17.1 Å². The van der Waals surface area contributed by atoms with Crippen LogP contribution in [0.1, 0.15) is 32.1 Å². The maximum atomic E-state index is 12.0. The highest BCUT2D eigenvalue weighted by Crippen LogP contribution is 2.08. The summed E-state index contributed by atoms with van der Waals surface area (Å²) in [6, 6.07) is 3.30. The summed E-state index contributed by atoms with van der Waals surface area (Å²) in [4.78, 5) is 23.6. The van der Waals surface area contributed by atoms with E-state index >= 15 is 0 Å². The Morgan fingerprint density at radius 2 is 2.22 bits per heavy atom. The molecule has 0 spiro atoms. The number of rotatable bonds is 6. The second-order valence-electron chi connectivity index (χ2n) is 5.31. The minimum atomic E-state index is -0.152. The molecule has 2 heterocycles. The number of hydrogen-bond donors (Lipinski definition) is 2. The van der Waals surface area contributed by atoms with Gasteiger partial charge in [0.25, 0.3) is 5.56 Å². The van der Waals surface area contributed by atoms with Gasteiger partial charge in [0.05, 0.1) is 6.54 Å². The van der Waals surface area contributed by atoms with Gasteiger partial charge >= 0.3 is 0 Å². The van der Waals surface area contributed by atoms with E-state index in [1.54, 1.807) is 12.3 Å². The van der Waals surface area contributed by atoms with Gasteiger partial charge in [0.2, 0.25) is 5.91 Å². The van der Waals surface area contributed by atoms with Crippen molar-refractivity contribution in [1.82, 2.24) is 24.6 Å². The van der Waals surface area contributed by atoms with E-state index < -0.39 is 0 Å². The van der Waals surface area contributed by atoms with E-state index in [9.17, 15) is 9.59 Å². The maximum Gasteiger partial charge on any atom is 0.250 e. The Hall–Kier alpha value is -1.74. The number of carbonyl (C=O) groups excluding carboxylic acids is 1. The lowest BCUT2D eigenvalue weighted by Crippen LogP contribution is -2.28. The molecule has 9 heteroatoms. The van der Waals surface area contributed by atoms with Crippen LogP contribution in [0.2, 0.25) is 0 Å². The summed E-state index contributed by atoms with van der Waals surface area (Å²) < 4.78 is 4.68. The summed E-state index contributed by atoms with van der Waals surface area (Å²) >= 11 is 8.46. The predicted octanol–water partition coefficient (Wildman–Crippen LogP) is 2.15. The molecule has 0 saturated heterocycles. The number of nitrogens with zero attached hydrogens (tertiary/aromatic N) is 3. The van der Waals surface area contributed by atoms with Crippen molar-refractivity contribution < 1.29 is 4.79 Å². The summed E-state index contributed by atoms with van der Waals surface area (Å²) in [7, 11) is 0. The summed E-state index contributed by atoms with van der Waals surface area (Å²) in [6.07, 6.45) is 1.88. The van der Waals surface area contributed by atoms with Crippen molar-refractivity contribution in [3.63, 3.8) is 0 Å². The van der Waals surface area contributed by atoms with E-state index in [2.05, 4.69) is 31.4 Å². The molecular formula is C14H18BrN5O2S. The first-order valence-corrected chi connectivity index (χ1v) is 8.37. The van der Waals surface area contributed by atoms with Crippen LogP contribution in [0.4, 0.5) is 0 Å². The van der Waals surface area contributed by atoms with Crippen LogP contribution in [-0.2, 0) is 17.9 Å². The van der Waals surface area contributed by atoms with Crippen molar-refractivity contribution >= 4 is 34.1 Å². The third-order valence-electron chi connectivity index (χ3n) is 3.26. The number of aromatic nitrogens is 4. The third-order valence-corrected chi connectivity index (χ3v) is 4.02. The number of halogens is 1. The van der Waals surface area contributed by atoms with Gasteiger partial charge in [-0.15, -0.1) is 0 Å². The first-order valence-electron chi connectivity index (χ1n) is 7.17. The maximum absolute atomic E-state index is 12.0. The van der Waals surface area contributed by atoms with Gasteiger partial charge < -0.3 is 14.5 Å². The van der Waals surface area contributed by atoms with Crippen molar-refractivity contribution in [2.45, 2.75) is 39.4 Å². The molecule has 2 aromatic heterocycles. The van der Waals surface area contributed by atoms with E-state index in [1.807, 2.05) is 18.4 Å². The molecule has 0 aliphatic heterocycles. The number of aryl methyl sites for hydroxylation is 1. The van der Waals surface area contributed by atoms with Gasteiger partial charge in [-0.2, -0.15) is 5.10 Å². The van der Waals surface area contributed by atoms with E-state index in [1.165, 1.54) is 10.6 Å². The van der Waals surface area contributed by atoms with Crippen molar-refractivity contribution in [3.05, 3.63) is 43.8 Å². The minimum absolute atomic E-state index is 0.137. The number of H-pyrrole nitrogens is 1. The number of carbonyl (C=O) groups is 1. The molecule has 2 N–H and O–H groups in total. The Balaban J connectivity index is 1.92. The van der Waals surface area contributed by atoms with E-state index in [-0.39, 0.29) is 30.5 Å². The zero-order valence-electron chi connectivity index (χ0n) is 12.9. The van der Waals surface area contributed by atoms with Crippen LogP contribution in [-0.4, -0.2) is 25.2 Å². The topological polar surface area (TPSA) is 84.7 Å². The largest absolute Gasteiger partial charge is 0.349 e. The molecule has 0 atom stereocenters. The fourth-order valence-electron chi connectivity index (χ4n) is 2.16. The zero-order chi connectivity index (χ0) is 17.0. The van der Waals surface area contributed by atoms with Crippen molar-refractivity contribution in [2.75, 3.05) is 0 Å². The Morgan fingerprint density at radius 1 is 1.48 bits per heavy atom. The van der Waals surface area contributed by atoms with Gasteiger partial charge in [0.1, 0.15) is 0 Å². The summed E-state index contributed by atoms with van der Waals surface area (Å²) in [5.74, 6) is 0.527. The molecule has 0 aromatic carbocycles. The van der Waals surface area contributed by atoms with Crippen molar-refractivity contribution in [2.24, 2.45) is 0 Å². The van der Waals surface area contributed by atoms with Gasteiger partial charge in [-0.3, -0.25) is 14.7 Å². The molecule has 2 rings (SSSR count). The van der Waals surface area contributed by atoms with Crippen LogP contribution in [0.5, 0.6) is 0 Å². The van der Waals surface area contributed by atoms with Crippen LogP contribution in [0.3, 0.4) is 0 Å². The molecule has 0 unspecified atom stereocenters. The lowest BCUT2D eigenvalue weighted by Gasteiger charge is -2.11. The summed E-state index contributed by atoms with van der Waals surface area (Å²) in [6.45, 7) is 4.60. The monoisotopic (exact) mass is 399 g/mol. The minimum Gasteiger partial charge on any atom is -0.349 e. The molecule has 0 aliphatic rings. The molecule has 1 amide bonds. The molecule has 0 bridgehead atoms. The number of aromatic amines is 1. The van der Waals surface area contributed by atoms with Gasteiger partial charge in [0, 0.05) is 35.7 Å². The van der Waals surface area contributed by atoms with Crippen LogP contribution < -0.4 is 10.9 Å². The molecule has 124 valence electrons. The molecule has 0 aliphatic carbocycles. The zero-order valence-corrected chi connectivity index (χ0v) is 15.3.